The van der Waals surface area contributed by atoms with E-state index in [2.05, 4.69) is 10.3 Å². The summed E-state index contributed by atoms with van der Waals surface area (Å²) >= 11 is 0. The molecule has 1 aliphatic rings. The topological polar surface area (TPSA) is 79.3 Å². The molecular formula is C14H18N2O3. The molecule has 0 aromatic carbocycles. The number of aryl methyl sites for hydroxylation is 1. The minimum Gasteiger partial charge on any atom is -0.481 e. The first-order valence-electron chi connectivity index (χ1n) is 6.57. The van der Waals surface area contributed by atoms with Gasteiger partial charge in [-0.1, -0.05) is 6.07 Å². The highest BCUT2D eigenvalue weighted by atomic mass is 16.4. The number of pyridine rings is 1. The van der Waals surface area contributed by atoms with Crippen LogP contribution in [0.1, 0.15) is 31.4 Å². The molecule has 1 amide bonds. The highest BCUT2D eigenvalue weighted by molar-refractivity contribution is 5.77. The van der Waals surface area contributed by atoms with E-state index < -0.39 is 5.97 Å². The van der Waals surface area contributed by atoms with Gasteiger partial charge in [0.15, 0.2) is 0 Å². The monoisotopic (exact) mass is 262 g/mol. The van der Waals surface area contributed by atoms with Crippen LogP contribution in [0.25, 0.3) is 0 Å². The molecule has 1 saturated carbocycles. The fourth-order valence-electron chi connectivity index (χ4n) is 2.42. The number of amides is 1. The molecule has 2 rings (SSSR count). The number of aliphatic carboxylic acids is 1. The molecule has 2 N–H and O–H groups in total. The number of carboxylic acid groups (broad SMARTS) is 1. The molecule has 1 aliphatic carbocycles. The van der Waals surface area contributed by atoms with Crippen LogP contribution in [0.2, 0.25) is 0 Å². The lowest BCUT2D eigenvalue weighted by molar-refractivity contribution is -0.141. The van der Waals surface area contributed by atoms with Gasteiger partial charge in [-0.05, 0) is 37.8 Å². The van der Waals surface area contributed by atoms with Gasteiger partial charge in [-0.15, -0.1) is 0 Å². The van der Waals surface area contributed by atoms with Gasteiger partial charge in [-0.3, -0.25) is 14.6 Å². The van der Waals surface area contributed by atoms with E-state index in [9.17, 15) is 9.59 Å². The number of rotatable bonds is 5. The summed E-state index contributed by atoms with van der Waals surface area (Å²) in [6.07, 6.45) is 4.67. The molecule has 0 spiro atoms. The Bertz CT molecular complexity index is 447. The Hall–Kier alpha value is -1.91. The molecule has 5 nitrogen and oxygen atoms in total. The molecule has 1 fully saturated rings. The van der Waals surface area contributed by atoms with Gasteiger partial charge in [0.2, 0.25) is 5.91 Å². The largest absolute Gasteiger partial charge is 0.481 e. The summed E-state index contributed by atoms with van der Waals surface area (Å²) in [5.74, 6) is -1.09. The minimum absolute atomic E-state index is 0.0114. The summed E-state index contributed by atoms with van der Waals surface area (Å²) in [6, 6.07) is 5.64. The number of nitrogens with one attached hydrogen (secondary N) is 1. The van der Waals surface area contributed by atoms with E-state index in [1.807, 2.05) is 18.2 Å². The molecule has 0 radical (unpaired) electrons. The number of aromatic nitrogens is 1. The maximum Gasteiger partial charge on any atom is 0.306 e. The lowest BCUT2D eigenvalue weighted by Crippen LogP contribution is -2.33. The summed E-state index contributed by atoms with van der Waals surface area (Å²) in [5, 5.41) is 11.8. The van der Waals surface area contributed by atoms with Crippen molar-refractivity contribution in [3.05, 3.63) is 30.1 Å². The summed E-state index contributed by atoms with van der Waals surface area (Å²) in [6.45, 7) is 0. The van der Waals surface area contributed by atoms with E-state index in [1.54, 1.807) is 6.20 Å². The summed E-state index contributed by atoms with van der Waals surface area (Å²) < 4.78 is 0. The zero-order valence-electron chi connectivity index (χ0n) is 10.7. The zero-order chi connectivity index (χ0) is 13.7. The quantitative estimate of drug-likeness (QED) is 0.840. The average molecular weight is 262 g/mol. The van der Waals surface area contributed by atoms with Crippen molar-refractivity contribution in [3.63, 3.8) is 0 Å². The molecule has 0 saturated heterocycles. The second kappa shape index (κ2) is 6.31. The maximum absolute atomic E-state index is 11.8. The molecule has 0 aliphatic heterocycles. The van der Waals surface area contributed by atoms with E-state index in [1.165, 1.54) is 0 Å². The molecule has 0 bridgehead atoms. The number of hydrogen-bond acceptors (Lipinski definition) is 3. The van der Waals surface area contributed by atoms with Gasteiger partial charge >= 0.3 is 5.97 Å². The van der Waals surface area contributed by atoms with Crippen molar-refractivity contribution in [3.8, 4) is 0 Å². The number of nitrogens with zero attached hydrogens (tertiary/aromatic N) is 1. The van der Waals surface area contributed by atoms with E-state index in [4.69, 9.17) is 5.11 Å². The van der Waals surface area contributed by atoms with Crippen molar-refractivity contribution in [1.82, 2.24) is 10.3 Å². The van der Waals surface area contributed by atoms with Crippen molar-refractivity contribution < 1.29 is 14.7 Å². The predicted molar refractivity (Wildman–Crippen MR) is 69.5 cm³/mol. The highest BCUT2D eigenvalue weighted by Gasteiger charge is 2.30. The Balaban J connectivity index is 1.72. The van der Waals surface area contributed by atoms with E-state index >= 15 is 0 Å². The molecule has 1 aromatic rings. The molecule has 5 heteroatoms. The van der Waals surface area contributed by atoms with Gasteiger partial charge in [0.1, 0.15) is 0 Å². The van der Waals surface area contributed by atoms with Crippen LogP contribution in [-0.2, 0) is 16.0 Å². The molecular weight excluding hydrogens is 244 g/mol. The number of carbonyl (C=O) groups is 2. The predicted octanol–water partition coefficient (Wildman–Crippen LogP) is 1.38. The molecule has 1 heterocycles. The third-order valence-electron chi connectivity index (χ3n) is 3.48. The van der Waals surface area contributed by atoms with E-state index in [-0.39, 0.29) is 17.9 Å². The lowest BCUT2D eigenvalue weighted by Gasteiger charge is -2.12. The van der Waals surface area contributed by atoms with Gasteiger partial charge in [0.05, 0.1) is 5.92 Å². The number of hydrogen-bond donors (Lipinski definition) is 2. The molecule has 0 unspecified atom stereocenters. The van der Waals surface area contributed by atoms with Gasteiger partial charge in [-0.2, -0.15) is 0 Å². The zero-order valence-corrected chi connectivity index (χ0v) is 10.7. The van der Waals surface area contributed by atoms with Crippen molar-refractivity contribution >= 4 is 11.9 Å². The van der Waals surface area contributed by atoms with Gasteiger partial charge in [-0.25, -0.2) is 0 Å². The first kappa shape index (κ1) is 13.5. The standard InChI is InChI=1S/C14H18N2O3/c17-13(7-6-11-3-1-2-8-15-11)16-12-5-4-10(9-12)14(18)19/h1-3,8,10,12H,4-7,9H2,(H,16,17)(H,18,19)/t10-,12+/m0/s1. The second-order valence-electron chi connectivity index (χ2n) is 4.93. The second-order valence-corrected chi connectivity index (χ2v) is 4.93. The van der Waals surface area contributed by atoms with E-state index in [0.29, 0.717) is 25.7 Å². The SMILES string of the molecule is O=C(CCc1ccccn1)N[C@@H]1CC[C@H](C(=O)O)C1. The first-order chi connectivity index (χ1) is 9.15. The fourth-order valence-corrected chi connectivity index (χ4v) is 2.42. The first-order valence-corrected chi connectivity index (χ1v) is 6.57. The Labute approximate surface area is 112 Å². The number of carboxylic acids is 1. The van der Waals surface area contributed by atoms with E-state index in [0.717, 1.165) is 12.1 Å². The summed E-state index contributed by atoms with van der Waals surface area (Å²) in [4.78, 5) is 26.7. The van der Waals surface area contributed by atoms with Crippen molar-refractivity contribution in [2.24, 2.45) is 5.92 Å². The Morgan fingerprint density at radius 1 is 1.37 bits per heavy atom. The fraction of sp³-hybridized carbons (Fsp3) is 0.500. The average Bonchev–Trinajstić information content (AvgIpc) is 2.86. The Kier molecular flexibility index (Phi) is 4.49. The van der Waals surface area contributed by atoms with Crippen molar-refractivity contribution in [2.45, 2.75) is 38.1 Å². The Morgan fingerprint density at radius 3 is 2.84 bits per heavy atom. The van der Waals surface area contributed by atoms with Gasteiger partial charge in [0, 0.05) is 24.4 Å². The van der Waals surface area contributed by atoms with Crippen molar-refractivity contribution in [1.29, 1.82) is 0 Å². The van der Waals surface area contributed by atoms with Gasteiger partial charge < -0.3 is 10.4 Å². The summed E-state index contributed by atoms with van der Waals surface area (Å²) in [7, 11) is 0. The van der Waals surface area contributed by atoms with Crippen LogP contribution in [-0.4, -0.2) is 28.0 Å². The van der Waals surface area contributed by atoms with Crippen LogP contribution in [0.3, 0.4) is 0 Å². The highest BCUT2D eigenvalue weighted by Crippen LogP contribution is 2.25. The van der Waals surface area contributed by atoms with Crippen LogP contribution in [0, 0.1) is 5.92 Å². The summed E-state index contributed by atoms with van der Waals surface area (Å²) in [5.41, 5.74) is 0.896. The van der Waals surface area contributed by atoms with Crippen LogP contribution in [0.4, 0.5) is 0 Å². The maximum atomic E-state index is 11.8. The van der Waals surface area contributed by atoms with Crippen molar-refractivity contribution in [2.75, 3.05) is 0 Å². The number of carbonyl (C=O) groups excluding carboxylic acids is 1. The molecule has 102 valence electrons. The normalized spacial score (nSPS) is 22.1. The van der Waals surface area contributed by atoms with Crippen LogP contribution in [0.15, 0.2) is 24.4 Å². The smallest absolute Gasteiger partial charge is 0.306 e. The third kappa shape index (κ3) is 4.05. The van der Waals surface area contributed by atoms with Crippen LogP contribution >= 0.6 is 0 Å². The third-order valence-corrected chi connectivity index (χ3v) is 3.48. The van der Waals surface area contributed by atoms with Crippen LogP contribution < -0.4 is 5.32 Å². The van der Waals surface area contributed by atoms with Crippen LogP contribution in [0.5, 0.6) is 0 Å². The van der Waals surface area contributed by atoms with Gasteiger partial charge in [0.25, 0.3) is 0 Å². The lowest BCUT2D eigenvalue weighted by atomic mass is 10.1. The minimum atomic E-state index is -0.759. The molecule has 19 heavy (non-hydrogen) atoms. The Morgan fingerprint density at radius 2 is 2.21 bits per heavy atom. The molecule has 1 aromatic heterocycles. The molecule has 2 atom stereocenters.